The van der Waals surface area contributed by atoms with E-state index in [0.29, 0.717) is 25.4 Å². The molecule has 0 radical (unpaired) electrons. The molecule has 2 N–H and O–H groups in total. The highest BCUT2D eigenvalue weighted by molar-refractivity contribution is 5.85. The summed E-state index contributed by atoms with van der Waals surface area (Å²) in [5.41, 5.74) is 2.60. The summed E-state index contributed by atoms with van der Waals surface area (Å²) < 4.78 is 5.75. The van der Waals surface area contributed by atoms with Crippen molar-refractivity contribution in [1.82, 2.24) is 20.3 Å². The molecular weight excluding hydrogens is 306 g/mol. The van der Waals surface area contributed by atoms with Crippen LogP contribution in [0.1, 0.15) is 5.69 Å². The van der Waals surface area contributed by atoms with Crippen LogP contribution >= 0.6 is 0 Å². The van der Waals surface area contributed by atoms with Gasteiger partial charge >= 0.3 is 0 Å². The summed E-state index contributed by atoms with van der Waals surface area (Å²) in [4.78, 5) is 25.5. The van der Waals surface area contributed by atoms with Gasteiger partial charge in [0, 0.05) is 31.4 Å². The molecule has 0 atom stereocenters. The molecule has 1 saturated heterocycles. The molecule has 1 amide bonds. The zero-order valence-corrected chi connectivity index (χ0v) is 13.0. The number of hydrogen-bond acceptors (Lipinski definition) is 5. The maximum atomic E-state index is 11.5. The van der Waals surface area contributed by atoms with Crippen molar-refractivity contribution in [1.29, 1.82) is 0 Å². The standard InChI is InChI=1S/C17H17N5O2/c23-17-10-22(6-5-19-17)16-8-14-15(21-16)7-13(9-20-14)24-11-12-3-1-2-4-18-12/h1-4,7-9,21H,5-6,10-11H2,(H,19,23). The van der Waals surface area contributed by atoms with E-state index in [0.717, 1.165) is 29.1 Å². The van der Waals surface area contributed by atoms with Crippen LogP contribution in [0.2, 0.25) is 0 Å². The summed E-state index contributed by atoms with van der Waals surface area (Å²) in [6.45, 7) is 2.19. The number of nitrogens with zero attached hydrogens (tertiary/aromatic N) is 3. The molecule has 0 aromatic carbocycles. The van der Waals surface area contributed by atoms with Crippen LogP contribution in [0.15, 0.2) is 42.7 Å². The molecule has 7 heteroatoms. The molecule has 1 aliphatic heterocycles. The molecule has 0 unspecified atom stereocenters. The number of rotatable bonds is 4. The first-order valence-electron chi connectivity index (χ1n) is 7.81. The van der Waals surface area contributed by atoms with Crippen LogP contribution in [0.25, 0.3) is 11.0 Å². The highest BCUT2D eigenvalue weighted by Crippen LogP contribution is 2.24. The van der Waals surface area contributed by atoms with Crippen molar-refractivity contribution in [3.63, 3.8) is 0 Å². The Hall–Kier alpha value is -3.09. The lowest BCUT2D eigenvalue weighted by Crippen LogP contribution is -2.47. The molecule has 4 rings (SSSR count). The Morgan fingerprint density at radius 2 is 2.21 bits per heavy atom. The van der Waals surface area contributed by atoms with Crippen molar-refractivity contribution in [2.75, 3.05) is 24.5 Å². The lowest BCUT2D eigenvalue weighted by atomic mass is 10.3. The van der Waals surface area contributed by atoms with E-state index in [1.165, 1.54) is 0 Å². The Morgan fingerprint density at radius 3 is 3.04 bits per heavy atom. The first kappa shape index (κ1) is 14.5. The lowest BCUT2D eigenvalue weighted by molar-refractivity contribution is -0.120. The number of amides is 1. The number of H-pyrrole nitrogens is 1. The first-order valence-corrected chi connectivity index (χ1v) is 7.81. The van der Waals surface area contributed by atoms with E-state index >= 15 is 0 Å². The number of carbonyl (C=O) groups excluding carboxylic acids is 1. The highest BCUT2D eigenvalue weighted by Gasteiger charge is 2.18. The quantitative estimate of drug-likeness (QED) is 0.760. The lowest BCUT2D eigenvalue weighted by Gasteiger charge is -2.27. The third-order valence-corrected chi connectivity index (χ3v) is 3.92. The Balaban J connectivity index is 1.51. The van der Waals surface area contributed by atoms with E-state index in [2.05, 4.69) is 20.3 Å². The Morgan fingerprint density at radius 1 is 1.25 bits per heavy atom. The van der Waals surface area contributed by atoms with Gasteiger partial charge in [0.15, 0.2) is 0 Å². The number of aromatic amines is 1. The van der Waals surface area contributed by atoms with Crippen molar-refractivity contribution >= 4 is 22.8 Å². The number of piperazine rings is 1. The van der Waals surface area contributed by atoms with Gasteiger partial charge in [-0.2, -0.15) is 0 Å². The third-order valence-electron chi connectivity index (χ3n) is 3.92. The van der Waals surface area contributed by atoms with Crippen molar-refractivity contribution in [3.8, 4) is 5.75 Å². The van der Waals surface area contributed by atoms with Crippen LogP contribution in [0, 0.1) is 0 Å². The number of fused-ring (bicyclic) bond motifs is 1. The predicted octanol–water partition coefficient (Wildman–Crippen LogP) is 1.47. The van der Waals surface area contributed by atoms with Gasteiger partial charge in [0.1, 0.15) is 18.2 Å². The van der Waals surface area contributed by atoms with Gasteiger partial charge in [-0.3, -0.25) is 14.8 Å². The summed E-state index contributed by atoms with van der Waals surface area (Å²) >= 11 is 0. The smallest absolute Gasteiger partial charge is 0.239 e. The summed E-state index contributed by atoms with van der Waals surface area (Å²) in [6, 6.07) is 9.59. The number of pyridine rings is 2. The third kappa shape index (κ3) is 3.01. The predicted molar refractivity (Wildman–Crippen MR) is 89.9 cm³/mol. The van der Waals surface area contributed by atoms with E-state index in [9.17, 15) is 4.79 Å². The van der Waals surface area contributed by atoms with Crippen molar-refractivity contribution in [2.45, 2.75) is 6.61 Å². The molecule has 122 valence electrons. The van der Waals surface area contributed by atoms with E-state index in [1.807, 2.05) is 35.2 Å². The number of aromatic nitrogens is 3. The number of nitrogens with one attached hydrogen (secondary N) is 2. The zero-order valence-electron chi connectivity index (χ0n) is 13.0. The van der Waals surface area contributed by atoms with Crippen LogP contribution in [0.4, 0.5) is 5.82 Å². The second-order valence-corrected chi connectivity index (χ2v) is 5.64. The molecule has 24 heavy (non-hydrogen) atoms. The Labute approximate surface area is 138 Å². The summed E-state index contributed by atoms with van der Waals surface area (Å²) in [6.07, 6.45) is 3.44. The van der Waals surface area contributed by atoms with Gasteiger partial charge in [-0.1, -0.05) is 6.07 Å². The Bertz CT molecular complexity index is 862. The number of carbonyl (C=O) groups is 1. The molecule has 7 nitrogen and oxygen atoms in total. The van der Waals surface area contributed by atoms with E-state index in [1.54, 1.807) is 12.4 Å². The van der Waals surface area contributed by atoms with E-state index in [-0.39, 0.29) is 5.91 Å². The van der Waals surface area contributed by atoms with Crippen LogP contribution in [0.5, 0.6) is 5.75 Å². The summed E-state index contributed by atoms with van der Waals surface area (Å²) in [5.74, 6) is 1.61. The largest absolute Gasteiger partial charge is 0.486 e. The minimum atomic E-state index is 0.0345. The average molecular weight is 323 g/mol. The topological polar surface area (TPSA) is 83.1 Å². The minimum Gasteiger partial charge on any atom is -0.486 e. The van der Waals surface area contributed by atoms with Crippen LogP contribution in [-0.4, -0.2) is 40.5 Å². The van der Waals surface area contributed by atoms with Crippen molar-refractivity contribution in [3.05, 3.63) is 48.4 Å². The van der Waals surface area contributed by atoms with Crippen molar-refractivity contribution < 1.29 is 9.53 Å². The van der Waals surface area contributed by atoms with Gasteiger partial charge < -0.3 is 19.9 Å². The number of hydrogen-bond donors (Lipinski definition) is 2. The van der Waals surface area contributed by atoms with Gasteiger partial charge in [0.2, 0.25) is 5.91 Å². The molecule has 1 fully saturated rings. The van der Waals surface area contributed by atoms with E-state index < -0.39 is 0 Å². The maximum Gasteiger partial charge on any atom is 0.239 e. The summed E-state index contributed by atoms with van der Waals surface area (Å²) in [7, 11) is 0. The van der Waals surface area contributed by atoms with Crippen LogP contribution < -0.4 is 15.0 Å². The average Bonchev–Trinajstić information content (AvgIpc) is 3.04. The zero-order chi connectivity index (χ0) is 16.4. The molecule has 4 heterocycles. The first-order chi connectivity index (χ1) is 11.8. The van der Waals surface area contributed by atoms with Gasteiger partial charge in [0.05, 0.1) is 29.5 Å². The fraction of sp³-hybridized carbons (Fsp3) is 0.235. The van der Waals surface area contributed by atoms with Gasteiger partial charge in [-0.25, -0.2) is 0 Å². The molecule has 0 bridgehead atoms. The SMILES string of the molecule is O=C1CN(c2cc3ncc(OCc4ccccn4)cc3[nH]2)CCN1. The van der Waals surface area contributed by atoms with Gasteiger partial charge in [-0.15, -0.1) is 0 Å². The monoisotopic (exact) mass is 323 g/mol. The molecule has 0 saturated carbocycles. The minimum absolute atomic E-state index is 0.0345. The number of anilines is 1. The molecule has 3 aromatic heterocycles. The van der Waals surface area contributed by atoms with Crippen LogP contribution in [-0.2, 0) is 11.4 Å². The second-order valence-electron chi connectivity index (χ2n) is 5.64. The molecular formula is C17H17N5O2. The Kier molecular flexibility index (Phi) is 3.74. The highest BCUT2D eigenvalue weighted by atomic mass is 16.5. The summed E-state index contributed by atoms with van der Waals surface area (Å²) in [5, 5.41) is 2.82. The second kappa shape index (κ2) is 6.19. The van der Waals surface area contributed by atoms with Gasteiger partial charge in [0.25, 0.3) is 0 Å². The molecule has 3 aromatic rings. The molecule has 0 aliphatic carbocycles. The van der Waals surface area contributed by atoms with Gasteiger partial charge in [-0.05, 0) is 12.1 Å². The fourth-order valence-electron chi connectivity index (χ4n) is 2.71. The fourth-order valence-corrected chi connectivity index (χ4v) is 2.71. The van der Waals surface area contributed by atoms with E-state index in [4.69, 9.17) is 4.74 Å². The normalized spacial score (nSPS) is 14.7. The maximum absolute atomic E-state index is 11.5. The number of ether oxygens (including phenoxy) is 1. The van der Waals surface area contributed by atoms with Crippen molar-refractivity contribution in [2.24, 2.45) is 0 Å². The molecule has 0 spiro atoms. The molecule has 1 aliphatic rings. The van der Waals surface area contributed by atoms with Crippen LogP contribution in [0.3, 0.4) is 0 Å².